The second-order valence-electron chi connectivity index (χ2n) is 8.51. The van der Waals surface area contributed by atoms with Gasteiger partial charge in [0.25, 0.3) is 5.91 Å². The van der Waals surface area contributed by atoms with Crippen LogP contribution in [0.25, 0.3) is 0 Å². The van der Waals surface area contributed by atoms with Gasteiger partial charge in [-0.1, -0.05) is 43.2 Å². The normalized spacial score (nSPS) is 27.1. The summed E-state index contributed by atoms with van der Waals surface area (Å²) in [6.07, 6.45) is 5.31. The summed E-state index contributed by atoms with van der Waals surface area (Å²) >= 11 is 0. The van der Waals surface area contributed by atoms with E-state index in [0.717, 1.165) is 25.1 Å². The summed E-state index contributed by atoms with van der Waals surface area (Å²) in [5, 5.41) is 0. The van der Waals surface area contributed by atoms with Crippen LogP contribution in [0, 0.1) is 0 Å². The van der Waals surface area contributed by atoms with Gasteiger partial charge in [-0.2, -0.15) is 0 Å². The van der Waals surface area contributed by atoms with Gasteiger partial charge in [-0.15, -0.1) is 0 Å². The lowest BCUT2D eigenvalue weighted by Crippen LogP contribution is -2.55. The monoisotopic (exact) mass is 399 g/mol. The summed E-state index contributed by atoms with van der Waals surface area (Å²) in [6.45, 7) is 5.69. The summed E-state index contributed by atoms with van der Waals surface area (Å²) in [4.78, 5) is 31.6. The molecule has 2 heterocycles. The molecule has 0 radical (unpaired) electrons. The van der Waals surface area contributed by atoms with Gasteiger partial charge in [0.05, 0.1) is 12.6 Å². The maximum absolute atomic E-state index is 13.6. The molecule has 2 saturated heterocycles. The van der Waals surface area contributed by atoms with Gasteiger partial charge in [-0.25, -0.2) is 0 Å². The number of nitrogens with zero attached hydrogens (tertiary/aromatic N) is 3. The molecule has 2 aliphatic heterocycles. The van der Waals surface area contributed by atoms with Crippen LogP contribution in [0.2, 0.25) is 0 Å². The maximum atomic E-state index is 13.6. The Morgan fingerprint density at radius 3 is 2.31 bits per heavy atom. The largest absolute Gasteiger partial charge is 0.365 e. The number of ether oxygens (including phenoxy) is 1. The highest BCUT2D eigenvalue weighted by Gasteiger charge is 2.43. The van der Waals surface area contributed by atoms with Gasteiger partial charge in [0.2, 0.25) is 5.91 Å². The fraction of sp³-hybridized carbons (Fsp3) is 0.652. The number of amides is 2. The Labute approximate surface area is 173 Å². The van der Waals surface area contributed by atoms with E-state index in [1.165, 1.54) is 25.7 Å². The molecule has 1 saturated carbocycles. The van der Waals surface area contributed by atoms with Crippen molar-refractivity contribution in [1.29, 1.82) is 0 Å². The lowest BCUT2D eigenvalue weighted by Gasteiger charge is -2.45. The van der Waals surface area contributed by atoms with E-state index >= 15 is 0 Å². The maximum Gasteiger partial charge on any atom is 0.253 e. The van der Waals surface area contributed by atoms with E-state index in [-0.39, 0.29) is 17.9 Å². The Morgan fingerprint density at radius 2 is 1.59 bits per heavy atom. The van der Waals surface area contributed by atoms with Crippen molar-refractivity contribution in [3.05, 3.63) is 35.9 Å². The lowest BCUT2D eigenvalue weighted by molar-refractivity contribution is -0.159. The highest BCUT2D eigenvalue weighted by molar-refractivity contribution is 5.82. The molecule has 6 nitrogen and oxygen atoms in total. The Morgan fingerprint density at radius 1 is 0.897 bits per heavy atom. The fourth-order valence-corrected chi connectivity index (χ4v) is 5.19. The molecule has 6 heteroatoms. The molecule has 2 unspecified atom stereocenters. The first kappa shape index (κ1) is 20.4. The smallest absolute Gasteiger partial charge is 0.253 e. The molecule has 1 aromatic carbocycles. The van der Waals surface area contributed by atoms with Gasteiger partial charge in [0.1, 0.15) is 0 Å². The van der Waals surface area contributed by atoms with Gasteiger partial charge in [0, 0.05) is 45.7 Å². The number of carbonyl (C=O) groups is 2. The predicted molar refractivity (Wildman–Crippen MR) is 111 cm³/mol. The Bertz CT molecular complexity index is 705. The van der Waals surface area contributed by atoms with E-state index < -0.39 is 6.10 Å². The van der Waals surface area contributed by atoms with E-state index in [1.54, 1.807) is 6.92 Å². The van der Waals surface area contributed by atoms with Crippen LogP contribution >= 0.6 is 0 Å². The van der Waals surface area contributed by atoms with E-state index in [2.05, 4.69) is 29.2 Å². The van der Waals surface area contributed by atoms with Crippen molar-refractivity contribution < 1.29 is 14.3 Å². The summed E-state index contributed by atoms with van der Waals surface area (Å²) in [7, 11) is 0. The van der Waals surface area contributed by atoms with Crippen molar-refractivity contribution in [3.63, 3.8) is 0 Å². The van der Waals surface area contributed by atoms with Gasteiger partial charge in [0.15, 0.2) is 6.10 Å². The highest BCUT2D eigenvalue weighted by Crippen LogP contribution is 2.37. The molecule has 0 bridgehead atoms. The fourth-order valence-electron chi connectivity index (χ4n) is 5.19. The van der Waals surface area contributed by atoms with E-state index in [4.69, 9.17) is 4.74 Å². The Balaban J connectivity index is 1.56. The number of hydrogen-bond acceptors (Lipinski definition) is 4. The molecule has 1 aromatic rings. The second kappa shape index (κ2) is 9.26. The molecule has 0 N–H and O–H groups in total. The van der Waals surface area contributed by atoms with Crippen LogP contribution < -0.4 is 0 Å². The summed E-state index contributed by atoms with van der Waals surface area (Å²) in [5.41, 5.74) is 1.16. The average Bonchev–Trinajstić information content (AvgIpc) is 3.17. The molecule has 0 spiro atoms. The zero-order chi connectivity index (χ0) is 20.2. The zero-order valence-corrected chi connectivity index (χ0v) is 17.5. The van der Waals surface area contributed by atoms with Crippen molar-refractivity contribution in [2.75, 3.05) is 39.3 Å². The zero-order valence-electron chi connectivity index (χ0n) is 17.5. The average molecular weight is 400 g/mol. The Hall–Kier alpha value is -1.92. The third-order valence-electron chi connectivity index (χ3n) is 6.72. The molecule has 4 rings (SSSR count). The SMILES string of the molecule is CC(=O)N1CCCN(C(=O)C2OCCN(C3CCCC3)C2c2ccccc2)CC1. The first-order chi connectivity index (χ1) is 14.1. The molecule has 2 atom stereocenters. The highest BCUT2D eigenvalue weighted by atomic mass is 16.5. The first-order valence-electron chi connectivity index (χ1n) is 11.1. The lowest BCUT2D eigenvalue weighted by atomic mass is 9.94. The van der Waals surface area contributed by atoms with Crippen LogP contribution in [-0.2, 0) is 14.3 Å². The minimum absolute atomic E-state index is 0.0345. The third-order valence-corrected chi connectivity index (χ3v) is 6.72. The predicted octanol–water partition coefficient (Wildman–Crippen LogP) is 2.45. The molecule has 0 aromatic heterocycles. The summed E-state index contributed by atoms with van der Waals surface area (Å²) in [6, 6.07) is 10.9. The van der Waals surface area contributed by atoms with Crippen LogP contribution in [0.5, 0.6) is 0 Å². The molecule has 1 aliphatic carbocycles. The first-order valence-corrected chi connectivity index (χ1v) is 11.1. The molecular formula is C23H33N3O3. The number of rotatable bonds is 3. The quantitative estimate of drug-likeness (QED) is 0.784. The van der Waals surface area contributed by atoms with Crippen molar-refractivity contribution in [2.24, 2.45) is 0 Å². The summed E-state index contributed by atoms with van der Waals surface area (Å²) < 4.78 is 6.15. The van der Waals surface area contributed by atoms with Crippen molar-refractivity contribution in [1.82, 2.24) is 14.7 Å². The molecule has 3 fully saturated rings. The number of hydrogen-bond donors (Lipinski definition) is 0. The molecule has 2 amide bonds. The van der Waals surface area contributed by atoms with Gasteiger partial charge in [-0.3, -0.25) is 14.5 Å². The van der Waals surface area contributed by atoms with Gasteiger partial charge >= 0.3 is 0 Å². The minimum Gasteiger partial charge on any atom is -0.365 e. The molecule has 29 heavy (non-hydrogen) atoms. The minimum atomic E-state index is -0.476. The topological polar surface area (TPSA) is 53.1 Å². The van der Waals surface area contributed by atoms with Crippen molar-refractivity contribution in [3.8, 4) is 0 Å². The third kappa shape index (κ3) is 4.48. The molecular weight excluding hydrogens is 366 g/mol. The number of morpholine rings is 1. The molecule has 3 aliphatic rings. The second-order valence-corrected chi connectivity index (χ2v) is 8.51. The van der Waals surface area contributed by atoms with Gasteiger partial charge < -0.3 is 14.5 Å². The summed E-state index contributed by atoms with van der Waals surface area (Å²) in [5.74, 6) is 0.162. The standard InChI is InChI=1S/C23H33N3O3/c1-18(27)24-12-7-13-25(15-14-24)23(28)22-21(19-8-3-2-4-9-19)26(16-17-29-22)20-10-5-6-11-20/h2-4,8-9,20-22H,5-7,10-17H2,1H3. The van der Waals surface area contributed by atoms with E-state index in [9.17, 15) is 9.59 Å². The van der Waals surface area contributed by atoms with Crippen LogP contribution in [0.4, 0.5) is 0 Å². The van der Waals surface area contributed by atoms with Crippen LogP contribution in [0.1, 0.15) is 50.6 Å². The molecule has 158 valence electrons. The van der Waals surface area contributed by atoms with Crippen LogP contribution in [0.15, 0.2) is 30.3 Å². The van der Waals surface area contributed by atoms with Crippen LogP contribution in [0.3, 0.4) is 0 Å². The number of carbonyl (C=O) groups excluding carboxylic acids is 2. The number of benzene rings is 1. The Kier molecular flexibility index (Phi) is 6.50. The van der Waals surface area contributed by atoms with Crippen LogP contribution in [-0.4, -0.2) is 78.0 Å². The van der Waals surface area contributed by atoms with Gasteiger partial charge in [-0.05, 0) is 24.8 Å². The van der Waals surface area contributed by atoms with Crippen molar-refractivity contribution in [2.45, 2.75) is 57.2 Å². The van der Waals surface area contributed by atoms with E-state index in [1.807, 2.05) is 15.9 Å². The van der Waals surface area contributed by atoms with Crippen molar-refractivity contribution >= 4 is 11.8 Å². The van der Waals surface area contributed by atoms with E-state index in [0.29, 0.717) is 32.3 Å².